The molecule has 0 unspecified atom stereocenters. The third-order valence-corrected chi connectivity index (χ3v) is 5.82. The molecule has 0 atom stereocenters. The molecular formula is C29H32N4O3. The van der Waals surface area contributed by atoms with Gasteiger partial charge in [-0.3, -0.25) is 0 Å². The van der Waals surface area contributed by atoms with Crippen molar-refractivity contribution in [1.29, 1.82) is 0 Å². The van der Waals surface area contributed by atoms with Crippen LogP contribution in [-0.2, 0) is 11.3 Å². The third-order valence-electron chi connectivity index (χ3n) is 5.82. The van der Waals surface area contributed by atoms with Crippen molar-refractivity contribution in [2.45, 2.75) is 13.5 Å². The summed E-state index contributed by atoms with van der Waals surface area (Å²) in [4.78, 5) is 22.3. The molecule has 0 saturated heterocycles. The van der Waals surface area contributed by atoms with E-state index in [-0.39, 0.29) is 5.88 Å². The summed E-state index contributed by atoms with van der Waals surface area (Å²) in [5, 5.41) is 15.1. The number of nitrogens with one attached hydrogen (secondary N) is 2. The number of H-pyrrole nitrogens is 1. The number of aliphatic imine (C=N–C) groups is 1. The minimum absolute atomic E-state index is 0.00433. The fourth-order valence-corrected chi connectivity index (χ4v) is 3.98. The maximum absolute atomic E-state index is 12.2. The van der Waals surface area contributed by atoms with Crippen LogP contribution in [0.3, 0.4) is 0 Å². The van der Waals surface area contributed by atoms with Crippen molar-refractivity contribution in [2.24, 2.45) is 4.99 Å². The second kappa shape index (κ2) is 11.7. The number of benzene rings is 3. The molecule has 3 N–H and O–H groups in total. The Balaban J connectivity index is 1.69. The number of aromatic hydroxyl groups is 1. The lowest BCUT2D eigenvalue weighted by Crippen LogP contribution is -2.26. The molecule has 1 heterocycles. The van der Waals surface area contributed by atoms with E-state index in [1.165, 1.54) is 5.56 Å². The summed E-state index contributed by atoms with van der Waals surface area (Å²) >= 11 is 0. The van der Waals surface area contributed by atoms with E-state index >= 15 is 0 Å². The van der Waals surface area contributed by atoms with Crippen molar-refractivity contribution in [3.05, 3.63) is 95.1 Å². The van der Waals surface area contributed by atoms with E-state index in [1.54, 1.807) is 19.1 Å². The Labute approximate surface area is 211 Å². The van der Waals surface area contributed by atoms with Crippen LogP contribution in [-0.4, -0.2) is 60.5 Å². The summed E-state index contributed by atoms with van der Waals surface area (Å²) in [5.74, 6) is -0.404. The van der Waals surface area contributed by atoms with Gasteiger partial charge in [0.25, 0.3) is 0 Å². The number of fused-ring (bicyclic) bond motifs is 1. The van der Waals surface area contributed by atoms with Crippen LogP contribution in [0, 0.1) is 0 Å². The van der Waals surface area contributed by atoms with Gasteiger partial charge in [0.15, 0.2) is 5.88 Å². The zero-order chi connectivity index (χ0) is 25.5. The Morgan fingerprint density at radius 2 is 1.78 bits per heavy atom. The molecule has 7 heteroatoms. The van der Waals surface area contributed by atoms with Crippen LogP contribution in [0.1, 0.15) is 34.0 Å². The number of carbonyl (C=O) groups is 1. The van der Waals surface area contributed by atoms with Crippen LogP contribution in [0.2, 0.25) is 0 Å². The highest BCUT2D eigenvalue weighted by Crippen LogP contribution is 2.32. The van der Waals surface area contributed by atoms with Crippen LogP contribution in [0.5, 0.6) is 5.88 Å². The lowest BCUT2D eigenvalue weighted by Gasteiger charge is -2.11. The normalized spacial score (nSPS) is 11.8. The van der Waals surface area contributed by atoms with Crippen molar-refractivity contribution >= 4 is 28.3 Å². The zero-order valence-corrected chi connectivity index (χ0v) is 20.9. The van der Waals surface area contributed by atoms with Gasteiger partial charge in [-0.05, 0) is 50.8 Å². The molecule has 4 aromatic rings. The van der Waals surface area contributed by atoms with Crippen LogP contribution in [0.15, 0.2) is 77.8 Å². The van der Waals surface area contributed by atoms with Gasteiger partial charge in [-0.1, -0.05) is 48.5 Å². The first kappa shape index (κ1) is 25.2. The van der Waals surface area contributed by atoms with Gasteiger partial charge < -0.3 is 25.0 Å². The number of esters is 1. The van der Waals surface area contributed by atoms with Gasteiger partial charge in [-0.2, -0.15) is 0 Å². The van der Waals surface area contributed by atoms with Gasteiger partial charge in [0.05, 0.1) is 29.1 Å². The first-order valence-corrected chi connectivity index (χ1v) is 12.1. The van der Waals surface area contributed by atoms with Crippen LogP contribution in [0.4, 0.5) is 5.69 Å². The molecule has 3 aromatic carbocycles. The highest BCUT2D eigenvalue weighted by molar-refractivity contribution is 6.22. The molecule has 0 aliphatic heterocycles. The van der Waals surface area contributed by atoms with Gasteiger partial charge in [0, 0.05) is 36.1 Å². The van der Waals surface area contributed by atoms with E-state index in [2.05, 4.69) is 41.4 Å². The van der Waals surface area contributed by atoms with Gasteiger partial charge in [0.2, 0.25) is 0 Å². The fraction of sp³-hybridized carbons (Fsp3) is 0.241. The average molecular weight is 485 g/mol. The number of nitrogens with zero attached hydrogens (tertiary/aromatic N) is 2. The quantitative estimate of drug-likeness (QED) is 0.170. The first-order chi connectivity index (χ1) is 17.5. The average Bonchev–Trinajstić information content (AvgIpc) is 3.21. The molecule has 0 radical (unpaired) electrons. The molecule has 0 aliphatic carbocycles. The Morgan fingerprint density at radius 3 is 2.47 bits per heavy atom. The predicted octanol–water partition coefficient (Wildman–Crippen LogP) is 4.87. The maximum Gasteiger partial charge on any atom is 0.338 e. The summed E-state index contributed by atoms with van der Waals surface area (Å²) < 4.78 is 5.11. The van der Waals surface area contributed by atoms with E-state index in [1.807, 2.05) is 48.5 Å². The van der Waals surface area contributed by atoms with Crippen molar-refractivity contribution in [3.63, 3.8) is 0 Å². The van der Waals surface area contributed by atoms with Crippen molar-refractivity contribution in [1.82, 2.24) is 15.2 Å². The van der Waals surface area contributed by atoms with E-state index in [0.29, 0.717) is 29.0 Å². The molecule has 0 spiro atoms. The van der Waals surface area contributed by atoms with Gasteiger partial charge in [0.1, 0.15) is 0 Å². The Morgan fingerprint density at radius 1 is 1.03 bits per heavy atom. The first-order valence-electron chi connectivity index (χ1n) is 12.1. The van der Waals surface area contributed by atoms with Gasteiger partial charge in [-0.25, -0.2) is 9.79 Å². The molecule has 0 aliphatic rings. The number of likely N-dealkylation sites (N-methyl/N-ethyl adjacent to an activating group) is 1. The molecule has 0 fully saturated rings. The predicted molar refractivity (Wildman–Crippen MR) is 144 cm³/mol. The minimum atomic E-state index is -0.400. The van der Waals surface area contributed by atoms with Crippen LogP contribution >= 0.6 is 0 Å². The minimum Gasteiger partial charge on any atom is -0.494 e. The van der Waals surface area contributed by atoms with Crippen molar-refractivity contribution < 1.29 is 14.6 Å². The van der Waals surface area contributed by atoms with Crippen LogP contribution < -0.4 is 5.32 Å². The molecule has 36 heavy (non-hydrogen) atoms. The molecule has 186 valence electrons. The lowest BCUT2D eigenvalue weighted by atomic mass is 10.00. The number of carbonyl (C=O) groups excluding carboxylic acids is 1. The second-order valence-corrected chi connectivity index (χ2v) is 8.80. The molecule has 4 rings (SSSR count). The lowest BCUT2D eigenvalue weighted by molar-refractivity contribution is 0.0526. The van der Waals surface area contributed by atoms with Gasteiger partial charge >= 0.3 is 5.97 Å². The molecule has 0 saturated carbocycles. The van der Waals surface area contributed by atoms with E-state index < -0.39 is 5.97 Å². The molecule has 1 aromatic heterocycles. The standard InChI is InChI=1S/C29H32N4O3/c1-4-36-29(35)22-12-15-24-25(18-22)32-28(34)26(24)27(21-8-6-5-7-9-21)31-23-13-10-20(11-14-23)19-30-16-17-33(2)3/h5-15,18,30,32,34H,4,16-17,19H2,1-3H3. The summed E-state index contributed by atoms with van der Waals surface area (Å²) in [6.07, 6.45) is 0. The van der Waals surface area contributed by atoms with Gasteiger partial charge in [-0.15, -0.1) is 0 Å². The van der Waals surface area contributed by atoms with E-state index in [4.69, 9.17) is 9.73 Å². The molecule has 7 nitrogen and oxygen atoms in total. The summed E-state index contributed by atoms with van der Waals surface area (Å²) in [6.45, 7) is 4.76. The molecule has 0 amide bonds. The largest absolute Gasteiger partial charge is 0.494 e. The molecule has 0 bridgehead atoms. The number of aromatic amines is 1. The topological polar surface area (TPSA) is 89.9 Å². The van der Waals surface area contributed by atoms with Crippen molar-refractivity contribution in [2.75, 3.05) is 33.8 Å². The SMILES string of the molecule is CCOC(=O)c1ccc2c(C(=Nc3ccc(CNCCN(C)C)cc3)c3ccccc3)c(O)[nH]c2c1. The third kappa shape index (κ3) is 6.00. The number of hydrogen-bond donors (Lipinski definition) is 3. The number of aromatic nitrogens is 1. The van der Waals surface area contributed by atoms with E-state index in [9.17, 15) is 9.90 Å². The Hall–Kier alpha value is -3.94. The van der Waals surface area contributed by atoms with Crippen molar-refractivity contribution in [3.8, 4) is 5.88 Å². The fourth-order valence-electron chi connectivity index (χ4n) is 3.98. The number of ether oxygens (including phenoxy) is 1. The number of rotatable bonds is 10. The Kier molecular flexibility index (Phi) is 8.15. The second-order valence-electron chi connectivity index (χ2n) is 8.80. The molecular weight excluding hydrogens is 452 g/mol. The van der Waals surface area contributed by atoms with Crippen LogP contribution in [0.25, 0.3) is 10.9 Å². The highest BCUT2D eigenvalue weighted by atomic mass is 16.5. The summed E-state index contributed by atoms with van der Waals surface area (Å²) in [6, 6.07) is 23.1. The summed E-state index contributed by atoms with van der Waals surface area (Å²) in [7, 11) is 4.12. The monoisotopic (exact) mass is 484 g/mol. The van der Waals surface area contributed by atoms with E-state index in [0.717, 1.165) is 36.3 Å². The highest BCUT2D eigenvalue weighted by Gasteiger charge is 2.20. The maximum atomic E-state index is 12.2. The number of hydrogen-bond acceptors (Lipinski definition) is 6. The zero-order valence-electron chi connectivity index (χ0n) is 20.9. The summed E-state index contributed by atoms with van der Waals surface area (Å²) in [5.41, 5.74) is 5.11. The Bertz CT molecular complexity index is 1340. The smallest absolute Gasteiger partial charge is 0.338 e.